The molecule has 4 aromatic carbocycles. The van der Waals surface area contributed by atoms with Gasteiger partial charge in [-0.25, -0.2) is 15.0 Å². The zero-order valence-corrected chi connectivity index (χ0v) is 21.5. The highest BCUT2D eigenvalue weighted by atomic mass is 35.5. The number of hydrogen-bond acceptors (Lipinski definition) is 6. The Hall–Kier alpha value is -4.46. The third-order valence-electron chi connectivity index (χ3n) is 5.24. The van der Waals surface area contributed by atoms with E-state index in [0.717, 1.165) is 5.56 Å². The minimum absolute atomic E-state index is 0.0553. The molecule has 0 radical (unpaired) electrons. The molecule has 0 fully saturated rings. The summed E-state index contributed by atoms with van der Waals surface area (Å²) >= 11 is 11.8. The lowest BCUT2D eigenvalue weighted by Gasteiger charge is -2.11. The Morgan fingerprint density at radius 1 is 0.711 bits per heavy atom. The Kier molecular flexibility index (Phi) is 8.53. The lowest BCUT2D eigenvalue weighted by Crippen LogP contribution is -2.17. The summed E-state index contributed by atoms with van der Waals surface area (Å²) in [5, 5.41) is 4.94. The summed E-state index contributed by atoms with van der Waals surface area (Å²) < 4.78 is 11.0. The van der Waals surface area contributed by atoms with Gasteiger partial charge in [-0.3, -0.25) is 4.79 Å². The maximum Gasteiger partial charge on any atom is 0.343 e. The van der Waals surface area contributed by atoms with E-state index < -0.39 is 17.8 Å². The van der Waals surface area contributed by atoms with Gasteiger partial charge in [-0.15, -0.1) is 0 Å². The lowest BCUT2D eigenvalue weighted by atomic mass is 10.1. The number of carbonyl (C=O) groups is 3. The van der Waals surface area contributed by atoms with Crippen molar-refractivity contribution in [3.05, 3.63) is 129 Å². The number of rotatable bonds is 7. The minimum Gasteiger partial charge on any atom is -0.423 e. The first-order valence-electron chi connectivity index (χ1n) is 11.3. The molecule has 0 bridgehead atoms. The topological polar surface area (TPSA) is 94.1 Å². The number of aryl methyl sites for hydroxylation is 1. The Morgan fingerprint density at radius 3 is 1.82 bits per heavy atom. The van der Waals surface area contributed by atoms with Crippen molar-refractivity contribution in [3.8, 4) is 11.5 Å². The van der Waals surface area contributed by atoms with Crippen LogP contribution >= 0.6 is 23.2 Å². The van der Waals surface area contributed by atoms with E-state index in [0.29, 0.717) is 26.7 Å². The maximum atomic E-state index is 12.8. The number of esters is 2. The van der Waals surface area contributed by atoms with E-state index in [1.54, 1.807) is 36.4 Å². The fourth-order valence-corrected chi connectivity index (χ4v) is 3.45. The fourth-order valence-electron chi connectivity index (χ4n) is 3.20. The molecular formula is C29H20Cl2N2O5. The van der Waals surface area contributed by atoms with Gasteiger partial charge in [0.1, 0.15) is 11.5 Å². The van der Waals surface area contributed by atoms with Crippen molar-refractivity contribution in [2.75, 3.05) is 0 Å². The van der Waals surface area contributed by atoms with Crippen molar-refractivity contribution in [2.24, 2.45) is 5.10 Å². The van der Waals surface area contributed by atoms with Crippen LogP contribution in [-0.2, 0) is 0 Å². The summed E-state index contributed by atoms with van der Waals surface area (Å²) in [6.07, 6.45) is 1.32. The SMILES string of the molecule is Cc1ccc(C(=O)N/N=C/c2ccc(OC(=O)c3ccc(Cl)cc3)cc2OC(=O)c2ccc(Cl)cc2)cc1. The standard InChI is InChI=1S/C29H20Cl2N2O5/c1-18-2-4-19(5-3-18)27(34)33-32-17-22-10-15-25(37-28(35)20-6-11-23(30)12-7-20)16-26(22)38-29(36)21-8-13-24(31)14-9-21/h2-17H,1H3,(H,33,34)/b32-17+. The number of halogens is 2. The first kappa shape index (κ1) is 26.6. The van der Waals surface area contributed by atoms with Gasteiger partial charge in [0.2, 0.25) is 0 Å². The van der Waals surface area contributed by atoms with Crippen molar-refractivity contribution < 1.29 is 23.9 Å². The number of hydrogen-bond donors (Lipinski definition) is 1. The van der Waals surface area contributed by atoms with Crippen LogP contribution in [0.15, 0.2) is 96.1 Å². The minimum atomic E-state index is -0.666. The molecule has 9 heteroatoms. The molecule has 4 aromatic rings. The maximum absolute atomic E-state index is 12.8. The van der Waals surface area contributed by atoms with E-state index in [9.17, 15) is 14.4 Å². The molecule has 0 saturated heterocycles. The number of benzene rings is 4. The Balaban J connectivity index is 1.56. The smallest absolute Gasteiger partial charge is 0.343 e. The Labute approximate surface area is 228 Å². The van der Waals surface area contributed by atoms with Crippen molar-refractivity contribution in [1.82, 2.24) is 5.43 Å². The second kappa shape index (κ2) is 12.2. The van der Waals surface area contributed by atoms with Gasteiger partial charge in [-0.2, -0.15) is 5.10 Å². The molecule has 0 atom stereocenters. The van der Waals surface area contributed by atoms with Crippen LogP contribution in [0, 0.1) is 6.92 Å². The highest BCUT2D eigenvalue weighted by Crippen LogP contribution is 2.26. The summed E-state index contributed by atoms with van der Waals surface area (Å²) in [5.74, 6) is -1.51. The summed E-state index contributed by atoms with van der Waals surface area (Å²) in [6, 6.07) is 23.8. The molecular weight excluding hydrogens is 527 g/mol. The number of hydrazone groups is 1. The predicted octanol–water partition coefficient (Wildman–Crippen LogP) is 6.50. The lowest BCUT2D eigenvalue weighted by molar-refractivity contribution is 0.0732. The molecule has 0 spiro atoms. The van der Waals surface area contributed by atoms with E-state index in [2.05, 4.69) is 10.5 Å². The summed E-state index contributed by atoms with van der Waals surface area (Å²) in [5.41, 5.74) is 4.79. The van der Waals surface area contributed by atoms with Crippen LogP contribution in [0.5, 0.6) is 11.5 Å². The highest BCUT2D eigenvalue weighted by Gasteiger charge is 2.15. The number of carbonyl (C=O) groups excluding carboxylic acids is 3. The molecule has 4 rings (SSSR count). The Bertz CT molecular complexity index is 1500. The summed E-state index contributed by atoms with van der Waals surface area (Å²) in [4.78, 5) is 37.7. The molecule has 38 heavy (non-hydrogen) atoms. The second-order valence-electron chi connectivity index (χ2n) is 8.06. The van der Waals surface area contributed by atoms with Gasteiger partial charge in [0, 0.05) is 27.2 Å². The number of nitrogens with zero attached hydrogens (tertiary/aromatic N) is 1. The molecule has 0 saturated carbocycles. The zero-order chi connectivity index (χ0) is 27.1. The van der Waals surface area contributed by atoms with Crippen molar-refractivity contribution in [2.45, 2.75) is 6.92 Å². The van der Waals surface area contributed by atoms with Gasteiger partial charge in [-0.05, 0) is 79.7 Å². The van der Waals surface area contributed by atoms with Crippen molar-refractivity contribution >= 4 is 47.3 Å². The largest absolute Gasteiger partial charge is 0.423 e. The number of ether oxygens (including phenoxy) is 2. The van der Waals surface area contributed by atoms with E-state index in [-0.39, 0.29) is 17.1 Å². The second-order valence-corrected chi connectivity index (χ2v) is 8.93. The molecule has 1 N–H and O–H groups in total. The van der Waals surface area contributed by atoms with Crippen molar-refractivity contribution in [1.29, 1.82) is 0 Å². The van der Waals surface area contributed by atoms with Gasteiger partial charge >= 0.3 is 11.9 Å². The van der Waals surface area contributed by atoms with Gasteiger partial charge in [0.15, 0.2) is 0 Å². The van der Waals surface area contributed by atoms with Crippen LogP contribution < -0.4 is 14.9 Å². The monoisotopic (exact) mass is 546 g/mol. The van der Waals surface area contributed by atoms with E-state index in [4.69, 9.17) is 32.7 Å². The first-order chi connectivity index (χ1) is 18.3. The van der Waals surface area contributed by atoms with E-state index >= 15 is 0 Å². The van der Waals surface area contributed by atoms with Crippen LogP contribution in [0.1, 0.15) is 42.2 Å². The molecule has 0 aliphatic carbocycles. The molecule has 0 aliphatic heterocycles. The van der Waals surface area contributed by atoms with Crippen molar-refractivity contribution in [3.63, 3.8) is 0 Å². The van der Waals surface area contributed by atoms with Crippen LogP contribution in [-0.4, -0.2) is 24.1 Å². The molecule has 190 valence electrons. The Morgan fingerprint density at radius 2 is 1.24 bits per heavy atom. The third-order valence-corrected chi connectivity index (χ3v) is 5.75. The first-order valence-corrected chi connectivity index (χ1v) is 12.0. The molecule has 1 amide bonds. The summed E-state index contributed by atoms with van der Waals surface area (Å²) in [7, 11) is 0. The third kappa shape index (κ3) is 7.06. The molecule has 0 aromatic heterocycles. The predicted molar refractivity (Wildman–Crippen MR) is 146 cm³/mol. The number of amides is 1. The molecule has 7 nitrogen and oxygen atoms in total. The quantitative estimate of drug-likeness (QED) is 0.123. The number of nitrogens with one attached hydrogen (secondary N) is 1. The van der Waals surface area contributed by atoms with Crippen LogP contribution in [0.3, 0.4) is 0 Å². The van der Waals surface area contributed by atoms with Crippen LogP contribution in [0.4, 0.5) is 0 Å². The van der Waals surface area contributed by atoms with Gasteiger partial charge in [0.05, 0.1) is 17.3 Å². The summed E-state index contributed by atoms with van der Waals surface area (Å²) in [6.45, 7) is 1.92. The van der Waals surface area contributed by atoms with Gasteiger partial charge in [-0.1, -0.05) is 40.9 Å². The van der Waals surface area contributed by atoms with E-state index in [1.165, 1.54) is 48.7 Å². The van der Waals surface area contributed by atoms with Gasteiger partial charge < -0.3 is 9.47 Å². The molecule has 0 unspecified atom stereocenters. The van der Waals surface area contributed by atoms with Gasteiger partial charge in [0.25, 0.3) is 5.91 Å². The molecule has 0 aliphatic rings. The average molecular weight is 547 g/mol. The zero-order valence-electron chi connectivity index (χ0n) is 20.0. The highest BCUT2D eigenvalue weighted by molar-refractivity contribution is 6.31. The average Bonchev–Trinajstić information content (AvgIpc) is 2.91. The van der Waals surface area contributed by atoms with E-state index in [1.807, 2.05) is 19.1 Å². The fraction of sp³-hybridized carbons (Fsp3) is 0.0345. The van der Waals surface area contributed by atoms with Crippen LogP contribution in [0.25, 0.3) is 0 Å². The normalized spacial score (nSPS) is 10.7. The van der Waals surface area contributed by atoms with Crippen LogP contribution in [0.2, 0.25) is 10.0 Å². The molecule has 0 heterocycles.